The summed E-state index contributed by atoms with van der Waals surface area (Å²) in [5.74, 6) is 0. The Morgan fingerprint density at radius 2 is 1.31 bits per heavy atom. The van der Waals surface area contributed by atoms with Crippen molar-refractivity contribution >= 4 is 7.82 Å². The molecule has 0 saturated carbocycles. The first kappa shape index (κ1) is 27.1. The average Bonchev–Trinajstić information content (AvgIpc) is 3.01. The lowest BCUT2D eigenvalue weighted by Crippen LogP contribution is -2.46. The number of phosphoric acid groups is 1. The third kappa shape index (κ3) is 13.9. The van der Waals surface area contributed by atoms with Gasteiger partial charge in [0.15, 0.2) is 0 Å². The van der Waals surface area contributed by atoms with Crippen LogP contribution in [0.4, 0.5) is 0 Å². The lowest BCUT2D eigenvalue weighted by molar-refractivity contribution is -0.902. The van der Waals surface area contributed by atoms with Gasteiger partial charge in [0.2, 0.25) is 0 Å². The van der Waals surface area contributed by atoms with Gasteiger partial charge < -0.3 is 18.4 Å². The molecule has 1 fully saturated rings. The highest BCUT2D eigenvalue weighted by molar-refractivity contribution is 7.45. The Balaban J connectivity index is 1.87. The Hall–Kier alpha value is 0.0700. The number of likely N-dealkylation sites (tertiary alicyclic amines) is 1. The largest absolute Gasteiger partial charge is 0.756 e. The summed E-state index contributed by atoms with van der Waals surface area (Å²) in [6.07, 6.45) is 20.1. The second-order valence-corrected chi connectivity index (χ2v) is 10.9. The van der Waals surface area contributed by atoms with E-state index in [2.05, 4.69) is 21.0 Å². The summed E-state index contributed by atoms with van der Waals surface area (Å²) >= 11 is 0. The molecule has 0 amide bonds. The summed E-state index contributed by atoms with van der Waals surface area (Å²) < 4.78 is 22.9. The van der Waals surface area contributed by atoms with Gasteiger partial charge in [0.05, 0.1) is 27.2 Å². The second kappa shape index (κ2) is 15.8. The van der Waals surface area contributed by atoms with E-state index in [4.69, 9.17) is 9.05 Å². The molecule has 0 N–H and O–H groups in total. The van der Waals surface area contributed by atoms with E-state index in [0.717, 1.165) is 43.1 Å². The number of unbranched alkanes of at least 4 members (excludes halogenated alkanes) is 13. The lowest BCUT2D eigenvalue weighted by atomic mass is 10.0. The van der Waals surface area contributed by atoms with Gasteiger partial charge >= 0.3 is 0 Å². The van der Waals surface area contributed by atoms with Gasteiger partial charge in [-0.2, -0.15) is 0 Å². The summed E-state index contributed by atoms with van der Waals surface area (Å²) in [7, 11) is 0.115. The number of phosphoric ester groups is 1. The van der Waals surface area contributed by atoms with Crippen molar-refractivity contribution in [3.63, 3.8) is 0 Å². The maximum atomic E-state index is 11.9. The summed E-state index contributed by atoms with van der Waals surface area (Å²) in [6, 6.07) is 0.252. The molecule has 0 aromatic rings. The van der Waals surface area contributed by atoms with Gasteiger partial charge in [0, 0.05) is 12.8 Å². The molecule has 1 aliphatic rings. The van der Waals surface area contributed by atoms with Crippen LogP contribution >= 0.6 is 7.82 Å². The van der Waals surface area contributed by atoms with Crippen molar-refractivity contribution in [1.82, 2.24) is 0 Å². The fraction of sp³-hybridized carbons (Fsp3) is 1.00. The van der Waals surface area contributed by atoms with Crippen LogP contribution in [0.5, 0.6) is 0 Å². The fourth-order valence-electron chi connectivity index (χ4n) is 4.24. The van der Waals surface area contributed by atoms with Crippen molar-refractivity contribution in [1.29, 1.82) is 0 Å². The van der Waals surface area contributed by atoms with Crippen LogP contribution in [0, 0.1) is 0 Å². The second-order valence-electron chi connectivity index (χ2n) is 9.47. The van der Waals surface area contributed by atoms with Gasteiger partial charge in [-0.1, -0.05) is 90.4 Å². The monoisotopic (exact) mass is 433 g/mol. The molecule has 6 heteroatoms. The van der Waals surface area contributed by atoms with E-state index in [-0.39, 0.29) is 19.3 Å². The summed E-state index contributed by atoms with van der Waals surface area (Å²) in [5, 5.41) is 0. The van der Waals surface area contributed by atoms with Crippen LogP contribution in [0.15, 0.2) is 0 Å². The number of hydrogen-bond donors (Lipinski definition) is 0. The normalized spacial score (nSPS) is 20.8. The van der Waals surface area contributed by atoms with Crippen molar-refractivity contribution in [2.24, 2.45) is 0 Å². The van der Waals surface area contributed by atoms with Crippen LogP contribution < -0.4 is 4.89 Å². The number of quaternary nitrogens is 1. The minimum Gasteiger partial charge on any atom is -0.756 e. The molecule has 29 heavy (non-hydrogen) atoms. The molecular weight excluding hydrogens is 385 g/mol. The van der Waals surface area contributed by atoms with E-state index in [1.807, 2.05) is 0 Å². The quantitative estimate of drug-likeness (QED) is 0.138. The first-order chi connectivity index (χ1) is 13.9. The Labute approximate surface area is 180 Å². The SMILES string of the molecule is CCCCCCCCCCCCCCCCOP(=O)([O-])OCC1CCC[N+]1(C)C. The zero-order valence-electron chi connectivity index (χ0n) is 19.5. The van der Waals surface area contributed by atoms with Gasteiger partial charge in [-0.15, -0.1) is 0 Å². The van der Waals surface area contributed by atoms with Gasteiger partial charge in [-0.3, -0.25) is 4.57 Å². The lowest BCUT2D eigenvalue weighted by Gasteiger charge is -2.33. The molecule has 0 aromatic heterocycles. The highest BCUT2D eigenvalue weighted by Gasteiger charge is 2.34. The highest BCUT2D eigenvalue weighted by Crippen LogP contribution is 2.40. The van der Waals surface area contributed by atoms with E-state index in [1.54, 1.807) is 0 Å². The van der Waals surface area contributed by atoms with Gasteiger partial charge in [-0.25, -0.2) is 0 Å². The predicted molar refractivity (Wildman–Crippen MR) is 120 cm³/mol. The molecule has 2 unspecified atom stereocenters. The fourth-order valence-corrected chi connectivity index (χ4v) is 5.02. The van der Waals surface area contributed by atoms with Crippen LogP contribution in [0.1, 0.15) is 110 Å². The average molecular weight is 434 g/mol. The Bertz CT molecular complexity index is 445. The van der Waals surface area contributed by atoms with E-state index < -0.39 is 7.82 Å². The molecule has 174 valence electrons. The van der Waals surface area contributed by atoms with E-state index >= 15 is 0 Å². The molecule has 1 heterocycles. The van der Waals surface area contributed by atoms with E-state index in [1.165, 1.54) is 70.6 Å². The minimum atomic E-state index is -4.15. The molecule has 0 aliphatic carbocycles. The Kier molecular flexibility index (Phi) is 14.8. The number of nitrogens with zero attached hydrogens (tertiary/aromatic N) is 1. The number of rotatable bonds is 19. The number of hydrogen-bond acceptors (Lipinski definition) is 4. The number of likely N-dealkylation sites (N-methyl/N-ethyl adjacent to an activating group) is 1. The third-order valence-corrected chi connectivity index (χ3v) is 7.40. The van der Waals surface area contributed by atoms with Crippen molar-refractivity contribution in [3.05, 3.63) is 0 Å². The van der Waals surface area contributed by atoms with Crippen LogP contribution in [0.2, 0.25) is 0 Å². The minimum absolute atomic E-state index is 0.243. The van der Waals surface area contributed by atoms with Crippen molar-refractivity contribution in [2.75, 3.05) is 33.9 Å². The van der Waals surface area contributed by atoms with Crippen molar-refractivity contribution < 1.29 is 23.0 Å². The maximum absolute atomic E-state index is 11.9. The molecule has 1 saturated heterocycles. The van der Waals surface area contributed by atoms with Crippen LogP contribution in [0.3, 0.4) is 0 Å². The van der Waals surface area contributed by atoms with Crippen LogP contribution in [0.25, 0.3) is 0 Å². The molecule has 0 radical (unpaired) electrons. The van der Waals surface area contributed by atoms with Gasteiger partial charge in [0.1, 0.15) is 12.6 Å². The zero-order chi connectivity index (χ0) is 21.4. The molecule has 1 rings (SSSR count). The zero-order valence-corrected chi connectivity index (χ0v) is 20.4. The molecule has 1 aliphatic heterocycles. The Morgan fingerprint density at radius 1 is 0.828 bits per heavy atom. The first-order valence-corrected chi connectivity index (χ1v) is 13.8. The highest BCUT2D eigenvalue weighted by atomic mass is 31.2. The first-order valence-electron chi connectivity index (χ1n) is 12.3. The predicted octanol–water partition coefficient (Wildman–Crippen LogP) is 6.21. The van der Waals surface area contributed by atoms with Crippen LogP contribution in [-0.4, -0.2) is 44.4 Å². The molecule has 0 aromatic carbocycles. The molecular formula is C23H48NO4P. The summed E-state index contributed by atoms with van der Waals surface area (Å²) in [4.78, 5) is 11.9. The van der Waals surface area contributed by atoms with E-state index in [9.17, 15) is 9.46 Å². The molecule has 0 spiro atoms. The molecule has 2 atom stereocenters. The summed E-state index contributed by atoms with van der Waals surface area (Å²) in [6.45, 7) is 3.84. The standard InChI is InChI=1S/C23H48NO4P/c1-4-5-6-7-8-9-10-11-12-13-14-15-16-17-21-27-29(25,26)28-22-23-19-18-20-24(23,2)3/h23H,4-22H2,1-3H3. The summed E-state index contributed by atoms with van der Waals surface area (Å²) in [5.41, 5.74) is 0. The Morgan fingerprint density at radius 3 is 1.76 bits per heavy atom. The topological polar surface area (TPSA) is 58.6 Å². The van der Waals surface area contributed by atoms with Gasteiger partial charge in [0.25, 0.3) is 7.82 Å². The smallest absolute Gasteiger partial charge is 0.268 e. The van der Waals surface area contributed by atoms with Crippen molar-refractivity contribution in [2.45, 2.75) is 116 Å². The van der Waals surface area contributed by atoms with Gasteiger partial charge in [-0.05, 0) is 6.42 Å². The molecule has 0 bridgehead atoms. The van der Waals surface area contributed by atoms with Crippen LogP contribution in [-0.2, 0) is 13.6 Å². The third-order valence-electron chi connectivity index (χ3n) is 6.43. The van der Waals surface area contributed by atoms with Crippen molar-refractivity contribution in [3.8, 4) is 0 Å². The maximum Gasteiger partial charge on any atom is 0.268 e. The molecule has 5 nitrogen and oxygen atoms in total. The van der Waals surface area contributed by atoms with E-state index in [0.29, 0.717) is 0 Å².